The fraction of sp³-hybridized carbons (Fsp3) is 0.746. The topological polar surface area (TPSA) is 78.9 Å². The largest absolute Gasteiger partial charge is 0.462 e. The zero-order valence-electron chi connectivity index (χ0n) is 48.1. The average molecular weight is 1020 g/mol. The number of hydrogen-bond acceptors (Lipinski definition) is 6. The third kappa shape index (κ3) is 59.3. The Morgan fingerprint density at radius 1 is 0.288 bits per heavy atom. The van der Waals surface area contributed by atoms with Crippen LogP contribution in [0.3, 0.4) is 0 Å². The van der Waals surface area contributed by atoms with Crippen molar-refractivity contribution in [3.63, 3.8) is 0 Å². The van der Waals surface area contributed by atoms with Crippen LogP contribution in [0.2, 0.25) is 0 Å². The van der Waals surface area contributed by atoms with Crippen LogP contribution in [0.1, 0.15) is 303 Å². The van der Waals surface area contributed by atoms with E-state index in [-0.39, 0.29) is 31.1 Å². The summed E-state index contributed by atoms with van der Waals surface area (Å²) in [5, 5.41) is 0. The maximum absolute atomic E-state index is 12.9. The van der Waals surface area contributed by atoms with E-state index in [1.807, 2.05) is 0 Å². The minimum absolute atomic E-state index is 0.0854. The summed E-state index contributed by atoms with van der Waals surface area (Å²) < 4.78 is 16.9. The summed E-state index contributed by atoms with van der Waals surface area (Å²) in [5.41, 5.74) is 0. The van der Waals surface area contributed by atoms with Gasteiger partial charge < -0.3 is 14.2 Å². The summed E-state index contributed by atoms with van der Waals surface area (Å²) in [4.78, 5) is 38.3. The minimum Gasteiger partial charge on any atom is -0.462 e. The van der Waals surface area contributed by atoms with Gasteiger partial charge in [-0.3, -0.25) is 14.4 Å². The van der Waals surface area contributed by atoms with Gasteiger partial charge in [0.05, 0.1) is 0 Å². The van der Waals surface area contributed by atoms with Crippen molar-refractivity contribution < 1.29 is 28.6 Å². The molecule has 0 fully saturated rings. The maximum Gasteiger partial charge on any atom is 0.306 e. The molecule has 0 N–H and O–H groups in total. The molecule has 6 nitrogen and oxygen atoms in total. The molecule has 0 aromatic rings. The van der Waals surface area contributed by atoms with E-state index < -0.39 is 6.10 Å². The van der Waals surface area contributed by atoms with E-state index in [4.69, 9.17) is 14.2 Å². The summed E-state index contributed by atoms with van der Waals surface area (Å²) in [6, 6.07) is 0. The lowest BCUT2D eigenvalue weighted by Gasteiger charge is -2.18. The molecule has 0 saturated heterocycles. The molecule has 0 heterocycles. The highest BCUT2D eigenvalue weighted by atomic mass is 16.6. The summed E-state index contributed by atoms with van der Waals surface area (Å²) >= 11 is 0. The second-order valence-corrected chi connectivity index (χ2v) is 20.6. The quantitative estimate of drug-likeness (QED) is 0.0261. The molecule has 0 radical (unpaired) electrons. The Labute approximate surface area is 452 Å². The molecule has 1 atom stereocenters. The van der Waals surface area contributed by atoms with Gasteiger partial charge in [0, 0.05) is 19.3 Å². The minimum atomic E-state index is -0.788. The van der Waals surface area contributed by atoms with Gasteiger partial charge in [0.25, 0.3) is 0 Å². The smallest absolute Gasteiger partial charge is 0.306 e. The van der Waals surface area contributed by atoms with Crippen LogP contribution in [0.4, 0.5) is 0 Å². The van der Waals surface area contributed by atoms with Gasteiger partial charge in [-0.05, 0) is 116 Å². The third-order valence-corrected chi connectivity index (χ3v) is 13.4. The van der Waals surface area contributed by atoms with Crippen LogP contribution in [-0.4, -0.2) is 37.2 Å². The molecule has 0 aliphatic carbocycles. The van der Waals surface area contributed by atoms with Crippen LogP contribution in [0.25, 0.3) is 0 Å². The molecule has 0 bridgehead atoms. The normalized spacial score (nSPS) is 12.6. The molecule has 73 heavy (non-hydrogen) atoms. The number of esters is 3. The molecule has 0 aliphatic rings. The van der Waals surface area contributed by atoms with Crippen molar-refractivity contribution in [2.75, 3.05) is 13.2 Å². The van der Waals surface area contributed by atoms with E-state index in [9.17, 15) is 14.4 Å². The van der Waals surface area contributed by atoms with Crippen LogP contribution in [0, 0.1) is 0 Å². The lowest BCUT2D eigenvalue weighted by Crippen LogP contribution is -2.30. The number of unbranched alkanes of at least 4 members (excludes halogenated alkanes) is 31. The van der Waals surface area contributed by atoms with Crippen LogP contribution < -0.4 is 0 Å². The van der Waals surface area contributed by atoms with Crippen molar-refractivity contribution in [1.29, 1.82) is 0 Å². The second kappa shape index (κ2) is 61.1. The van der Waals surface area contributed by atoms with E-state index >= 15 is 0 Å². The van der Waals surface area contributed by atoms with Gasteiger partial charge in [0.2, 0.25) is 0 Å². The number of hydrogen-bond donors (Lipinski definition) is 0. The molecule has 0 spiro atoms. The van der Waals surface area contributed by atoms with Gasteiger partial charge in [-0.1, -0.05) is 254 Å². The van der Waals surface area contributed by atoms with Gasteiger partial charge >= 0.3 is 17.9 Å². The van der Waals surface area contributed by atoms with Crippen LogP contribution >= 0.6 is 0 Å². The molecule has 0 aromatic heterocycles. The van der Waals surface area contributed by atoms with Crippen molar-refractivity contribution in [2.24, 2.45) is 0 Å². The van der Waals surface area contributed by atoms with Gasteiger partial charge in [-0.15, -0.1) is 0 Å². The van der Waals surface area contributed by atoms with E-state index in [1.165, 1.54) is 154 Å². The number of allylic oxidation sites excluding steroid dienone is 14. The Morgan fingerprint density at radius 3 is 0.877 bits per heavy atom. The zero-order chi connectivity index (χ0) is 52.9. The molecule has 0 amide bonds. The van der Waals surface area contributed by atoms with E-state index in [0.717, 1.165) is 109 Å². The zero-order valence-corrected chi connectivity index (χ0v) is 48.1. The van der Waals surface area contributed by atoms with Crippen molar-refractivity contribution in [3.8, 4) is 0 Å². The molecule has 0 saturated carbocycles. The van der Waals surface area contributed by atoms with Crippen molar-refractivity contribution in [2.45, 2.75) is 309 Å². The fourth-order valence-electron chi connectivity index (χ4n) is 8.69. The first-order valence-corrected chi connectivity index (χ1v) is 31.1. The SMILES string of the molecule is CC/C=C\C/C=C\C/C=C\C/C=C\CCCCCCCCCCC(=O)OCC(COC(=O)CCCCCCC/C=C\C/C=C\CCCCC)OC(=O)CCCCCCCCCCC/C=C\CCCCCCCC. The Morgan fingerprint density at radius 2 is 0.534 bits per heavy atom. The van der Waals surface area contributed by atoms with E-state index in [2.05, 4.69) is 106 Å². The van der Waals surface area contributed by atoms with Gasteiger partial charge in [0.1, 0.15) is 13.2 Å². The fourth-order valence-corrected chi connectivity index (χ4v) is 8.69. The summed E-state index contributed by atoms with van der Waals surface area (Å²) in [7, 11) is 0. The Hall–Kier alpha value is -3.41. The predicted molar refractivity (Wildman–Crippen MR) is 316 cm³/mol. The van der Waals surface area contributed by atoms with Crippen LogP contribution in [0.5, 0.6) is 0 Å². The Bertz CT molecular complexity index is 1400. The van der Waals surface area contributed by atoms with E-state index in [0.29, 0.717) is 19.3 Å². The molecule has 0 rings (SSSR count). The number of carbonyl (C=O) groups excluding carboxylic acids is 3. The highest BCUT2D eigenvalue weighted by Crippen LogP contribution is 2.16. The van der Waals surface area contributed by atoms with Gasteiger partial charge in [-0.2, -0.15) is 0 Å². The first-order valence-electron chi connectivity index (χ1n) is 31.1. The third-order valence-electron chi connectivity index (χ3n) is 13.4. The van der Waals surface area contributed by atoms with Crippen LogP contribution in [0.15, 0.2) is 85.1 Å². The molecule has 420 valence electrons. The monoisotopic (exact) mass is 1020 g/mol. The lowest BCUT2D eigenvalue weighted by atomic mass is 10.1. The summed E-state index contributed by atoms with van der Waals surface area (Å²) in [5.74, 6) is -0.898. The second-order valence-electron chi connectivity index (χ2n) is 20.6. The van der Waals surface area contributed by atoms with Gasteiger partial charge in [0.15, 0.2) is 6.10 Å². The van der Waals surface area contributed by atoms with Crippen molar-refractivity contribution in [1.82, 2.24) is 0 Å². The standard InChI is InChI=1S/C67H116O6/c1-4-7-10-13-16-19-22-25-28-30-32-33-35-36-39-42-45-48-51-54-57-60-66(69)72-63-64(62-71-65(68)59-56-53-50-47-44-41-38-27-24-21-18-15-12-9-6-3)73-67(70)61-58-55-52-49-46-43-40-37-34-31-29-26-23-20-17-14-11-8-5-2/h7,10,16,18-19,21,25-29,32-33,38,64H,4-6,8-9,11-15,17,20,22-24,30-31,34-37,39-63H2,1-3H3/b10-7-,19-16-,21-18-,28-25-,29-26-,33-32-,38-27-. The number of ether oxygens (including phenoxy) is 3. The first-order chi connectivity index (χ1) is 36.0. The molecular formula is C67H116O6. The molecule has 0 aromatic carbocycles. The molecule has 6 heteroatoms. The summed E-state index contributed by atoms with van der Waals surface area (Å²) in [6.45, 7) is 6.50. The van der Waals surface area contributed by atoms with Crippen molar-refractivity contribution in [3.05, 3.63) is 85.1 Å². The number of rotatable bonds is 56. The Kier molecular flexibility index (Phi) is 58.3. The lowest BCUT2D eigenvalue weighted by molar-refractivity contribution is -0.167. The van der Waals surface area contributed by atoms with Gasteiger partial charge in [-0.25, -0.2) is 0 Å². The van der Waals surface area contributed by atoms with Crippen LogP contribution in [-0.2, 0) is 28.6 Å². The first kappa shape index (κ1) is 69.6. The molecule has 0 aliphatic heterocycles. The predicted octanol–water partition coefficient (Wildman–Crippen LogP) is 21.1. The average Bonchev–Trinajstić information content (AvgIpc) is 3.39. The molecule has 1 unspecified atom stereocenters. The maximum atomic E-state index is 12.9. The summed E-state index contributed by atoms with van der Waals surface area (Å²) in [6.07, 6.45) is 80.0. The highest BCUT2D eigenvalue weighted by Gasteiger charge is 2.19. The van der Waals surface area contributed by atoms with Crippen molar-refractivity contribution >= 4 is 17.9 Å². The molecular weight excluding hydrogens is 901 g/mol. The Balaban J connectivity index is 4.39. The number of carbonyl (C=O) groups is 3. The van der Waals surface area contributed by atoms with E-state index in [1.54, 1.807) is 0 Å². The highest BCUT2D eigenvalue weighted by molar-refractivity contribution is 5.71.